The molecule has 0 aliphatic rings. The van der Waals surface area contributed by atoms with Gasteiger partial charge in [-0.2, -0.15) is 0 Å². The number of rotatable bonds is 5. The van der Waals surface area contributed by atoms with Crippen molar-refractivity contribution in [2.24, 2.45) is 4.99 Å². The molecule has 2 aromatic rings. The molecule has 0 saturated heterocycles. The van der Waals surface area contributed by atoms with Gasteiger partial charge in [-0.3, -0.25) is 4.99 Å². The van der Waals surface area contributed by atoms with E-state index in [1.165, 1.54) is 23.3 Å². The number of halogens is 2. The topological polar surface area (TPSA) is 36.4 Å². The van der Waals surface area contributed by atoms with Crippen LogP contribution in [0, 0.1) is 12.7 Å². The Labute approximate surface area is 154 Å². The summed E-state index contributed by atoms with van der Waals surface area (Å²) in [4.78, 5) is 4.17. The van der Waals surface area contributed by atoms with E-state index >= 15 is 0 Å². The largest absolute Gasteiger partial charge is 0.356 e. The average molecular weight is 427 g/mol. The van der Waals surface area contributed by atoms with Crippen molar-refractivity contribution in [1.82, 2.24) is 10.6 Å². The molecular formula is C18H23FIN3. The third-order valence-electron chi connectivity index (χ3n) is 3.40. The number of aryl methyl sites for hydroxylation is 1. The first kappa shape index (κ1) is 19.4. The van der Waals surface area contributed by atoms with E-state index in [2.05, 4.69) is 46.8 Å². The van der Waals surface area contributed by atoms with Crippen LogP contribution >= 0.6 is 24.0 Å². The van der Waals surface area contributed by atoms with E-state index in [0.717, 1.165) is 24.5 Å². The highest BCUT2D eigenvalue weighted by atomic mass is 127. The van der Waals surface area contributed by atoms with Crippen molar-refractivity contribution < 1.29 is 4.39 Å². The second kappa shape index (κ2) is 10.2. The van der Waals surface area contributed by atoms with Crippen molar-refractivity contribution in [2.45, 2.75) is 19.9 Å². The predicted octanol–water partition coefficient (Wildman–Crippen LogP) is 3.66. The summed E-state index contributed by atoms with van der Waals surface area (Å²) < 4.78 is 13.1. The molecule has 0 radical (unpaired) electrons. The highest BCUT2D eigenvalue weighted by Gasteiger charge is 2.00. The lowest BCUT2D eigenvalue weighted by Crippen LogP contribution is -2.37. The molecule has 2 aromatic carbocycles. The first-order chi connectivity index (χ1) is 10.7. The molecule has 2 rings (SSSR count). The van der Waals surface area contributed by atoms with Crippen molar-refractivity contribution in [2.75, 3.05) is 13.6 Å². The van der Waals surface area contributed by atoms with Gasteiger partial charge in [0, 0.05) is 20.1 Å². The molecule has 0 spiro atoms. The van der Waals surface area contributed by atoms with E-state index in [4.69, 9.17) is 0 Å². The molecule has 2 N–H and O–H groups in total. The Kier molecular flexibility index (Phi) is 8.61. The summed E-state index contributed by atoms with van der Waals surface area (Å²) in [7, 11) is 1.73. The third kappa shape index (κ3) is 6.99. The molecule has 0 heterocycles. The number of hydrogen-bond acceptors (Lipinski definition) is 1. The fourth-order valence-corrected chi connectivity index (χ4v) is 2.13. The van der Waals surface area contributed by atoms with Crippen LogP contribution in [0.25, 0.3) is 0 Å². The molecular weight excluding hydrogens is 404 g/mol. The van der Waals surface area contributed by atoms with Gasteiger partial charge in [0.1, 0.15) is 5.82 Å². The third-order valence-corrected chi connectivity index (χ3v) is 3.40. The maximum Gasteiger partial charge on any atom is 0.191 e. The molecule has 0 aromatic heterocycles. The lowest BCUT2D eigenvalue weighted by Gasteiger charge is -2.12. The first-order valence-corrected chi connectivity index (χ1v) is 7.42. The highest BCUT2D eigenvalue weighted by molar-refractivity contribution is 14.0. The highest BCUT2D eigenvalue weighted by Crippen LogP contribution is 2.04. The number of guanidine groups is 1. The molecule has 0 aliphatic carbocycles. The van der Waals surface area contributed by atoms with E-state index in [1.807, 2.05) is 6.07 Å². The van der Waals surface area contributed by atoms with Crippen LogP contribution in [0.3, 0.4) is 0 Å². The molecule has 3 nitrogen and oxygen atoms in total. The summed E-state index contributed by atoms with van der Waals surface area (Å²) in [6.45, 7) is 3.42. The van der Waals surface area contributed by atoms with Crippen LogP contribution in [0.5, 0.6) is 0 Å². The number of nitrogens with one attached hydrogen (secondary N) is 2. The zero-order valence-corrected chi connectivity index (χ0v) is 15.8. The molecule has 0 fully saturated rings. The Hall–Kier alpha value is -1.63. The Morgan fingerprint density at radius 3 is 2.43 bits per heavy atom. The number of nitrogens with zero attached hydrogens (tertiary/aromatic N) is 1. The number of aliphatic imine (C=N–C) groups is 1. The smallest absolute Gasteiger partial charge is 0.191 e. The summed E-state index contributed by atoms with van der Waals surface area (Å²) in [6, 6.07) is 15.1. The maximum atomic E-state index is 13.1. The average Bonchev–Trinajstić information content (AvgIpc) is 2.52. The Balaban J connectivity index is 0.00000264. The number of benzene rings is 2. The monoisotopic (exact) mass is 427 g/mol. The van der Waals surface area contributed by atoms with Gasteiger partial charge in [-0.1, -0.05) is 42.0 Å². The SMILES string of the molecule is CN=C(NCCc1ccc(C)cc1)NCc1cccc(F)c1.I. The van der Waals surface area contributed by atoms with Crippen molar-refractivity contribution in [3.63, 3.8) is 0 Å². The van der Waals surface area contributed by atoms with Gasteiger partial charge >= 0.3 is 0 Å². The van der Waals surface area contributed by atoms with Crippen LogP contribution in [0.4, 0.5) is 4.39 Å². The summed E-state index contributed by atoms with van der Waals surface area (Å²) in [6.07, 6.45) is 0.931. The van der Waals surface area contributed by atoms with Crippen LogP contribution in [-0.2, 0) is 13.0 Å². The predicted molar refractivity (Wildman–Crippen MR) is 105 cm³/mol. The van der Waals surface area contributed by atoms with Gasteiger partial charge in [-0.05, 0) is 36.6 Å². The standard InChI is InChI=1S/C18H22FN3.HI/c1-14-6-8-15(9-7-14)10-11-21-18(20-2)22-13-16-4-3-5-17(19)12-16;/h3-9,12H,10-11,13H2,1-2H3,(H2,20,21,22);1H. The van der Waals surface area contributed by atoms with E-state index in [0.29, 0.717) is 6.54 Å². The minimum absolute atomic E-state index is 0. The summed E-state index contributed by atoms with van der Waals surface area (Å²) in [5.41, 5.74) is 3.45. The molecule has 0 amide bonds. The van der Waals surface area contributed by atoms with Crippen LogP contribution in [0.1, 0.15) is 16.7 Å². The van der Waals surface area contributed by atoms with Gasteiger partial charge < -0.3 is 10.6 Å². The normalized spacial score (nSPS) is 10.8. The summed E-state index contributed by atoms with van der Waals surface area (Å²) in [5.74, 6) is 0.498. The van der Waals surface area contributed by atoms with Crippen LogP contribution in [-0.4, -0.2) is 19.6 Å². The van der Waals surface area contributed by atoms with Gasteiger partial charge in [0.2, 0.25) is 0 Å². The van der Waals surface area contributed by atoms with E-state index < -0.39 is 0 Å². The molecule has 0 bridgehead atoms. The van der Waals surface area contributed by atoms with Crippen LogP contribution in [0.15, 0.2) is 53.5 Å². The van der Waals surface area contributed by atoms with Gasteiger partial charge in [-0.25, -0.2) is 4.39 Å². The lowest BCUT2D eigenvalue weighted by atomic mass is 10.1. The number of hydrogen-bond donors (Lipinski definition) is 2. The maximum absolute atomic E-state index is 13.1. The molecule has 23 heavy (non-hydrogen) atoms. The van der Waals surface area contributed by atoms with E-state index in [-0.39, 0.29) is 29.8 Å². The van der Waals surface area contributed by atoms with Crippen molar-refractivity contribution in [3.05, 3.63) is 71.0 Å². The zero-order chi connectivity index (χ0) is 15.8. The van der Waals surface area contributed by atoms with Crippen molar-refractivity contribution in [1.29, 1.82) is 0 Å². The van der Waals surface area contributed by atoms with Gasteiger partial charge in [0.25, 0.3) is 0 Å². The van der Waals surface area contributed by atoms with Crippen molar-refractivity contribution in [3.8, 4) is 0 Å². The molecule has 124 valence electrons. The first-order valence-electron chi connectivity index (χ1n) is 7.42. The summed E-state index contributed by atoms with van der Waals surface area (Å²) >= 11 is 0. The molecule has 0 unspecified atom stereocenters. The fourth-order valence-electron chi connectivity index (χ4n) is 2.13. The zero-order valence-electron chi connectivity index (χ0n) is 13.5. The molecule has 0 aliphatic heterocycles. The minimum Gasteiger partial charge on any atom is -0.356 e. The van der Waals surface area contributed by atoms with Crippen LogP contribution in [0.2, 0.25) is 0 Å². The molecule has 5 heteroatoms. The Morgan fingerprint density at radius 1 is 1.04 bits per heavy atom. The molecule has 0 atom stereocenters. The summed E-state index contributed by atoms with van der Waals surface area (Å²) in [5, 5.41) is 6.44. The van der Waals surface area contributed by atoms with Crippen LogP contribution < -0.4 is 10.6 Å². The second-order valence-corrected chi connectivity index (χ2v) is 5.22. The lowest BCUT2D eigenvalue weighted by molar-refractivity contribution is 0.624. The van der Waals surface area contributed by atoms with E-state index in [9.17, 15) is 4.39 Å². The Morgan fingerprint density at radius 2 is 1.78 bits per heavy atom. The van der Waals surface area contributed by atoms with E-state index in [1.54, 1.807) is 13.1 Å². The van der Waals surface area contributed by atoms with Crippen molar-refractivity contribution >= 4 is 29.9 Å². The van der Waals surface area contributed by atoms with Gasteiger partial charge in [-0.15, -0.1) is 24.0 Å². The minimum atomic E-state index is -0.221. The quantitative estimate of drug-likeness (QED) is 0.434. The Bertz CT molecular complexity index is 626. The fraction of sp³-hybridized carbons (Fsp3) is 0.278. The van der Waals surface area contributed by atoms with Gasteiger partial charge in [0.05, 0.1) is 0 Å². The van der Waals surface area contributed by atoms with Gasteiger partial charge in [0.15, 0.2) is 5.96 Å². The second-order valence-electron chi connectivity index (χ2n) is 5.22. The molecule has 0 saturated carbocycles.